The molecule has 474 valence electrons. The van der Waals surface area contributed by atoms with Gasteiger partial charge in [-0.2, -0.15) is 0 Å². The SMILES string of the molecule is CC/C=C\C/C=C\C/C=C\C/C=C\C/C=C\C/C=C\CCC(=O)OC1C(OCC(COC(=O)CCCCCCCCC/C=C\CCCCCCCC)OC(=O)CCCCCCCCC/C=C\CCCCCCCC)OC(C(=O)O)C(O)C1O. The predicted octanol–water partition coefficient (Wildman–Crippen LogP) is 18.0. The Morgan fingerprint density at radius 1 is 0.410 bits per heavy atom. The first-order valence-electron chi connectivity index (χ1n) is 33.2. The Morgan fingerprint density at radius 3 is 1.20 bits per heavy atom. The zero-order chi connectivity index (χ0) is 60.3. The summed E-state index contributed by atoms with van der Waals surface area (Å²) in [6, 6.07) is 0. The smallest absolute Gasteiger partial charge is 0.335 e. The maximum atomic E-state index is 13.2. The van der Waals surface area contributed by atoms with Gasteiger partial charge in [0.15, 0.2) is 24.6 Å². The third-order valence-electron chi connectivity index (χ3n) is 14.6. The summed E-state index contributed by atoms with van der Waals surface area (Å²) < 4.78 is 28.5. The number of carboxylic acid groups (broad SMARTS) is 1. The van der Waals surface area contributed by atoms with Crippen molar-refractivity contribution in [3.63, 3.8) is 0 Å². The molecule has 0 aromatic heterocycles. The lowest BCUT2D eigenvalue weighted by Crippen LogP contribution is -2.61. The highest BCUT2D eigenvalue weighted by atomic mass is 16.7. The average molecular weight is 1160 g/mol. The Balaban J connectivity index is 2.71. The zero-order valence-corrected chi connectivity index (χ0v) is 52.4. The number of ether oxygens (including phenoxy) is 5. The second-order valence-corrected chi connectivity index (χ2v) is 22.4. The lowest BCUT2D eigenvalue weighted by molar-refractivity contribution is -0.301. The quantitative estimate of drug-likeness (QED) is 0.0228. The number of carbonyl (C=O) groups excluding carboxylic acids is 3. The Labute approximate surface area is 504 Å². The van der Waals surface area contributed by atoms with Crippen LogP contribution in [-0.2, 0) is 42.9 Å². The number of esters is 3. The molecule has 0 aliphatic carbocycles. The fraction of sp³-hybridized carbons (Fsp3) is 0.718. The summed E-state index contributed by atoms with van der Waals surface area (Å²) in [7, 11) is 0. The van der Waals surface area contributed by atoms with Crippen LogP contribution in [0.4, 0.5) is 0 Å². The second-order valence-electron chi connectivity index (χ2n) is 22.4. The minimum Gasteiger partial charge on any atom is -0.479 e. The van der Waals surface area contributed by atoms with Crippen LogP contribution in [0.2, 0.25) is 0 Å². The monoisotopic (exact) mass is 1160 g/mol. The van der Waals surface area contributed by atoms with Crippen molar-refractivity contribution in [1.29, 1.82) is 0 Å². The molecular weight excluding hydrogens is 1040 g/mol. The Morgan fingerprint density at radius 2 is 0.783 bits per heavy atom. The lowest BCUT2D eigenvalue weighted by atomic mass is 9.98. The molecule has 1 aliphatic heterocycles. The third kappa shape index (κ3) is 47.6. The van der Waals surface area contributed by atoms with E-state index in [9.17, 15) is 34.5 Å². The summed E-state index contributed by atoms with van der Waals surface area (Å²) in [6.07, 6.45) is 65.2. The summed E-state index contributed by atoms with van der Waals surface area (Å²) in [5, 5.41) is 31.6. The molecule has 6 unspecified atom stereocenters. The molecule has 0 aromatic rings. The number of allylic oxidation sites excluding steroid dienone is 16. The minimum absolute atomic E-state index is 0.0684. The van der Waals surface area contributed by atoms with Crippen LogP contribution in [0.15, 0.2) is 97.2 Å². The van der Waals surface area contributed by atoms with Gasteiger partial charge in [-0.05, 0) is 109 Å². The van der Waals surface area contributed by atoms with Crippen molar-refractivity contribution in [2.45, 2.75) is 314 Å². The van der Waals surface area contributed by atoms with Crippen LogP contribution < -0.4 is 0 Å². The van der Waals surface area contributed by atoms with E-state index in [1.807, 2.05) is 18.2 Å². The number of aliphatic hydroxyl groups excluding tert-OH is 2. The summed E-state index contributed by atoms with van der Waals surface area (Å²) in [5.41, 5.74) is 0. The van der Waals surface area contributed by atoms with E-state index in [2.05, 4.69) is 99.8 Å². The molecule has 12 nitrogen and oxygen atoms in total. The zero-order valence-electron chi connectivity index (χ0n) is 52.4. The van der Waals surface area contributed by atoms with Gasteiger partial charge in [0.05, 0.1) is 6.61 Å². The van der Waals surface area contributed by atoms with Crippen molar-refractivity contribution in [3.05, 3.63) is 97.2 Å². The summed E-state index contributed by atoms with van der Waals surface area (Å²) >= 11 is 0. The Hall–Kier alpha value is -4.36. The van der Waals surface area contributed by atoms with Crippen molar-refractivity contribution in [2.24, 2.45) is 0 Å². The van der Waals surface area contributed by atoms with Gasteiger partial charge < -0.3 is 39.0 Å². The topological polar surface area (TPSA) is 175 Å². The van der Waals surface area contributed by atoms with Crippen LogP contribution in [0.25, 0.3) is 0 Å². The molecule has 1 heterocycles. The molecule has 0 radical (unpaired) electrons. The van der Waals surface area contributed by atoms with Crippen LogP contribution >= 0.6 is 0 Å². The van der Waals surface area contributed by atoms with Gasteiger partial charge in [0.2, 0.25) is 0 Å². The molecule has 1 fully saturated rings. The van der Waals surface area contributed by atoms with Crippen molar-refractivity contribution in [3.8, 4) is 0 Å². The first-order chi connectivity index (χ1) is 40.6. The third-order valence-corrected chi connectivity index (χ3v) is 14.6. The van der Waals surface area contributed by atoms with Crippen LogP contribution in [0.5, 0.6) is 0 Å². The molecule has 6 atom stereocenters. The molecule has 0 amide bonds. The maximum absolute atomic E-state index is 13.2. The molecule has 1 rings (SSSR count). The van der Waals surface area contributed by atoms with Gasteiger partial charge in [-0.1, -0.05) is 246 Å². The number of hydrogen-bond acceptors (Lipinski definition) is 11. The number of carbonyl (C=O) groups is 4. The van der Waals surface area contributed by atoms with E-state index in [4.69, 9.17) is 23.7 Å². The number of hydrogen-bond donors (Lipinski definition) is 3. The van der Waals surface area contributed by atoms with Crippen LogP contribution in [-0.4, -0.2) is 89.2 Å². The standard InChI is InChI=1S/C71H118O12/c1-4-7-10-13-16-19-22-25-28-31-32-35-38-41-44-47-50-53-56-59-65(74)82-69-67(76)66(75)68(70(77)78)83-71(69)80-61-62(81-64(73)58-55-52-49-46-43-40-37-34-30-27-24-21-18-15-12-9-6-3)60-79-63(72)57-54-51-48-45-42-39-36-33-29-26-23-20-17-14-11-8-5-2/h7,10,16,19,25-30,32,35,41,44,50,53,62,66-69,71,75-76H,4-6,8-9,11-15,17-18,20-24,31,33-34,36-40,42-43,45-49,51-52,54-61H2,1-3H3,(H,77,78)/b10-7-,19-16-,28-25-,29-26-,30-27-,35-32-,44-41-,53-50-. The second kappa shape index (κ2) is 58.0. The molecule has 3 N–H and O–H groups in total. The summed E-state index contributed by atoms with van der Waals surface area (Å²) in [6.45, 7) is 5.86. The van der Waals surface area contributed by atoms with E-state index < -0.39 is 67.3 Å². The summed E-state index contributed by atoms with van der Waals surface area (Å²) in [4.78, 5) is 51.3. The van der Waals surface area contributed by atoms with Gasteiger partial charge in [-0.25, -0.2) is 4.79 Å². The van der Waals surface area contributed by atoms with Crippen molar-refractivity contribution < 1.29 is 58.2 Å². The van der Waals surface area contributed by atoms with Crippen LogP contribution in [0.1, 0.15) is 278 Å². The first kappa shape index (κ1) is 76.7. The highest BCUT2D eigenvalue weighted by Crippen LogP contribution is 2.26. The average Bonchev–Trinajstić information content (AvgIpc) is 3.55. The molecule has 0 spiro atoms. The van der Waals surface area contributed by atoms with Gasteiger partial charge in [-0.3, -0.25) is 14.4 Å². The van der Waals surface area contributed by atoms with Gasteiger partial charge in [0, 0.05) is 19.3 Å². The Kier molecular flexibility index (Phi) is 53.6. The molecule has 0 aromatic carbocycles. The lowest BCUT2D eigenvalue weighted by Gasteiger charge is -2.40. The fourth-order valence-electron chi connectivity index (χ4n) is 9.56. The summed E-state index contributed by atoms with van der Waals surface area (Å²) in [5.74, 6) is -3.23. The largest absolute Gasteiger partial charge is 0.479 e. The van der Waals surface area contributed by atoms with Crippen LogP contribution in [0, 0.1) is 0 Å². The van der Waals surface area contributed by atoms with E-state index in [0.29, 0.717) is 25.7 Å². The van der Waals surface area contributed by atoms with Crippen molar-refractivity contribution in [1.82, 2.24) is 0 Å². The minimum atomic E-state index is -1.93. The van der Waals surface area contributed by atoms with Gasteiger partial charge in [0.25, 0.3) is 0 Å². The van der Waals surface area contributed by atoms with E-state index in [1.54, 1.807) is 0 Å². The predicted molar refractivity (Wildman–Crippen MR) is 340 cm³/mol. The molecule has 1 aliphatic rings. The normalized spacial score (nSPS) is 18.2. The van der Waals surface area contributed by atoms with Gasteiger partial charge in [-0.15, -0.1) is 0 Å². The van der Waals surface area contributed by atoms with Gasteiger partial charge in [0.1, 0.15) is 18.8 Å². The van der Waals surface area contributed by atoms with E-state index in [1.165, 1.54) is 122 Å². The fourth-order valence-corrected chi connectivity index (χ4v) is 9.56. The molecule has 83 heavy (non-hydrogen) atoms. The van der Waals surface area contributed by atoms with Crippen molar-refractivity contribution in [2.75, 3.05) is 13.2 Å². The first-order valence-corrected chi connectivity index (χ1v) is 33.2. The number of carboxylic acids is 1. The molecule has 1 saturated heterocycles. The van der Waals surface area contributed by atoms with Gasteiger partial charge >= 0.3 is 23.9 Å². The van der Waals surface area contributed by atoms with E-state index >= 15 is 0 Å². The Bertz CT molecular complexity index is 1810. The van der Waals surface area contributed by atoms with Crippen LogP contribution in [0.3, 0.4) is 0 Å². The van der Waals surface area contributed by atoms with Crippen molar-refractivity contribution >= 4 is 23.9 Å². The molecule has 0 saturated carbocycles. The molecule has 0 bridgehead atoms. The molecular formula is C71H118O12. The van der Waals surface area contributed by atoms with E-state index in [-0.39, 0.29) is 25.9 Å². The highest BCUT2D eigenvalue weighted by molar-refractivity contribution is 5.74. The number of rotatable bonds is 56. The van der Waals surface area contributed by atoms with E-state index in [0.717, 1.165) is 89.9 Å². The number of aliphatic hydroxyl groups is 2. The molecule has 12 heteroatoms. The maximum Gasteiger partial charge on any atom is 0.335 e. The number of aliphatic carboxylic acids is 1. The highest BCUT2D eigenvalue weighted by Gasteiger charge is 2.50. The number of unbranched alkanes of at least 4 members (excludes halogenated alkanes) is 26.